The smallest absolute Gasteiger partial charge is 0.434 e. The number of rotatable bonds is 4. The minimum atomic E-state index is -4.77. The van der Waals surface area contributed by atoms with Crippen LogP contribution in [0, 0.1) is 0 Å². The number of aromatic nitrogens is 2. The Morgan fingerprint density at radius 3 is 2.54 bits per heavy atom. The molecule has 26 heavy (non-hydrogen) atoms. The Bertz CT molecular complexity index is 766. The predicted octanol–water partition coefficient (Wildman–Crippen LogP) is 3.41. The highest BCUT2D eigenvalue weighted by atomic mass is 32.2. The number of alkyl halides is 3. The van der Waals surface area contributed by atoms with Crippen LogP contribution in [0.15, 0.2) is 36.5 Å². The molecular weight excluding hydrogens is 367 g/mol. The number of carbonyl (C=O) groups is 1. The molecule has 0 radical (unpaired) electrons. The molecule has 2 heterocycles. The minimum Gasteiger partial charge on any atom is -0.457 e. The van der Waals surface area contributed by atoms with Crippen molar-refractivity contribution < 1.29 is 22.7 Å². The van der Waals surface area contributed by atoms with Crippen molar-refractivity contribution in [3.8, 4) is 0 Å². The van der Waals surface area contributed by atoms with E-state index in [1.54, 1.807) is 47.0 Å². The summed E-state index contributed by atoms with van der Waals surface area (Å²) in [5.41, 5.74) is -1.26. The lowest BCUT2D eigenvalue weighted by molar-refractivity contribution is -0.141. The van der Waals surface area contributed by atoms with E-state index >= 15 is 0 Å². The molecule has 0 bridgehead atoms. The summed E-state index contributed by atoms with van der Waals surface area (Å²) in [5, 5.41) is 0. The average molecular weight is 383 g/mol. The topological polar surface area (TPSA) is 55.3 Å². The van der Waals surface area contributed by atoms with Crippen LogP contribution < -0.4 is 4.90 Å². The number of hydrogen-bond donors (Lipinski definition) is 0. The predicted molar refractivity (Wildman–Crippen MR) is 92.1 cm³/mol. The molecule has 1 aliphatic heterocycles. The Labute approximate surface area is 152 Å². The summed E-state index contributed by atoms with van der Waals surface area (Å²) in [7, 11) is 0. The Balaban J connectivity index is 1.82. The summed E-state index contributed by atoms with van der Waals surface area (Å²) in [6.45, 7) is 1.02. The lowest BCUT2D eigenvalue weighted by atomic mass is 10.2. The maximum atomic E-state index is 13.4. The lowest BCUT2D eigenvalue weighted by Crippen LogP contribution is -2.34. The number of ether oxygens (including phenoxy) is 1. The van der Waals surface area contributed by atoms with Crippen molar-refractivity contribution in [1.29, 1.82) is 0 Å². The van der Waals surface area contributed by atoms with Gasteiger partial charge in [0, 0.05) is 30.8 Å². The average Bonchev–Trinajstić information content (AvgIpc) is 2.66. The Morgan fingerprint density at radius 1 is 1.19 bits per heavy atom. The molecule has 0 unspecified atom stereocenters. The molecule has 1 aliphatic rings. The zero-order chi connectivity index (χ0) is 18.6. The van der Waals surface area contributed by atoms with Crippen molar-refractivity contribution in [3.05, 3.63) is 53.3 Å². The van der Waals surface area contributed by atoms with Crippen molar-refractivity contribution in [1.82, 2.24) is 9.97 Å². The maximum Gasteiger partial charge on any atom is 0.434 e. The molecule has 3 rings (SSSR count). The number of thioether (sulfide) groups is 1. The molecule has 1 aromatic heterocycles. The minimum absolute atomic E-state index is 0.0164. The second-order valence-corrected chi connectivity index (χ2v) is 6.82. The number of anilines is 1. The number of hydrogen-bond acceptors (Lipinski definition) is 6. The molecule has 0 atom stereocenters. The molecule has 1 saturated heterocycles. The van der Waals surface area contributed by atoms with Gasteiger partial charge in [-0.2, -0.15) is 24.9 Å². The van der Waals surface area contributed by atoms with Gasteiger partial charge in [0.05, 0.1) is 0 Å². The fraction of sp³-hybridized carbons (Fsp3) is 0.353. The van der Waals surface area contributed by atoms with Crippen LogP contribution in [0.25, 0.3) is 0 Å². The molecule has 0 aliphatic carbocycles. The van der Waals surface area contributed by atoms with Crippen molar-refractivity contribution in [2.24, 2.45) is 0 Å². The highest BCUT2D eigenvalue weighted by Crippen LogP contribution is 2.32. The van der Waals surface area contributed by atoms with Crippen LogP contribution in [-0.4, -0.2) is 40.5 Å². The first-order valence-electron chi connectivity index (χ1n) is 7.93. The van der Waals surface area contributed by atoms with Gasteiger partial charge < -0.3 is 9.64 Å². The lowest BCUT2D eigenvalue weighted by Gasteiger charge is -2.27. The molecule has 0 saturated carbocycles. The van der Waals surface area contributed by atoms with E-state index < -0.39 is 23.4 Å². The van der Waals surface area contributed by atoms with Gasteiger partial charge in [-0.25, -0.2) is 14.8 Å². The molecule has 2 aromatic rings. The van der Waals surface area contributed by atoms with Crippen molar-refractivity contribution in [2.45, 2.75) is 12.8 Å². The van der Waals surface area contributed by atoms with Gasteiger partial charge in [0.25, 0.3) is 0 Å². The number of esters is 1. The molecule has 1 aromatic carbocycles. The van der Waals surface area contributed by atoms with Gasteiger partial charge in [-0.15, -0.1) is 0 Å². The Kier molecular flexibility index (Phi) is 5.65. The molecule has 5 nitrogen and oxygen atoms in total. The Hall–Kier alpha value is -2.29. The summed E-state index contributed by atoms with van der Waals surface area (Å²) in [4.78, 5) is 21.4. The van der Waals surface area contributed by atoms with Gasteiger partial charge in [0.2, 0.25) is 5.95 Å². The number of carbonyl (C=O) groups excluding carboxylic acids is 1. The van der Waals surface area contributed by atoms with Gasteiger partial charge in [-0.05, 0) is 5.56 Å². The van der Waals surface area contributed by atoms with Crippen molar-refractivity contribution in [2.75, 3.05) is 29.5 Å². The molecule has 0 N–H and O–H groups in total. The van der Waals surface area contributed by atoms with Crippen LogP contribution in [0.1, 0.15) is 21.6 Å². The summed E-state index contributed by atoms with van der Waals surface area (Å²) in [6.07, 6.45) is -3.87. The van der Waals surface area contributed by atoms with E-state index in [0.717, 1.165) is 17.7 Å². The molecule has 9 heteroatoms. The highest BCUT2D eigenvalue weighted by molar-refractivity contribution is 7.99. The van der Waals surface area contributed by atoms with Gasteiger partial charge in [-0.3, -0.25) is 0 Å². The molecule has 138 valence electrons. The van der Waals surface area contributed by atoms with E-state index in [-0.39, 0.29) is 12.6 Å². The third kappa shape index (κ3) is 4.46. The second-order valence-electron chi connectivity index (χ2n) is 5.59. The second kappa shape index (κ2) is 7.94. The fourth-order valence-corrected chi connectivity index (χ4v) is 3.36. The zero-order valence-electron chi connectivity index (χ0n) is 13.7. The molecule has 0 spiro atoms. The third-order valence-electron chi connectivity index (χ3n) is 3.77. The van der Waals surface area contributed by atoms with Gasteiger partial charge >= 0.3 is 12.1 Å². The summed E-state index contributed by atoms with van der Waals surface area (Å²) >= 11 is 1.72. The van der Waals surface area contributed by atoms with E-state index in [2.05, 4.69) is 9.97 Å². The maximum absolute atomic E-state index is 13.4. The van der Waals surface area contributed by atoms with Gasteiger partial charge in [0.15, 0.2) is 5.69 Å². The largest absolute Gasteiger partial charge is 0.457 e. The van der Waals surface area contributed by atoms with Gasteiger partial charge in [0.1, 0.15) is 12.2 Å². The van der Waals surface area contributed by atoms with Crippen molar-refractivity contribution in [3.63, 3.8) is 0 Å². The standard InChI is InChI=1S/C17H16F3N3O2S/c18-17(19,20)14-13(15(24)25-11-12-4-2-1-3-5-12)10-21-16(22-14)23-6-8-26-9-7-23/h1-5,10H,6-9,11H2. The summed E-state index contributed by atoms with van der Waals surface area (Å²) < 4.78 is 45.2. The quantitative estimate of drug-likeness (QED) is 0.755. The van der Waals surface area contributed by atoms with Crippen LogP contribution in [0.3, 0.4) is 0 Å². The number of nitrogens with zero attached hydrogens (tertiary/aromatic N) is 3. The van der Waals surface area contributed by atoms with Crippen molar-refractivity contribution >= 4 is 23.7 Å². The SMILES string of the molecule is O=C(OCc1ccccc1)c1cnc(N2CCSCC2)nc1C(F)(F)F. The van der Waals surface area contributed by atoms with Crippen LogP contribution >= 0.6 is 11.8 Å². The van der Waals surface area contributed by atoms with Crippen LogP contribution in [0.5, 0.6) is 0 Å². The Morgan fingerprint density at radius 2 is 1.88 bits per heavy atom. The summed E-state index contributed by atoms with van der Waals surface area (Å²) in [5.74, 6) is 0.483. The van der Waals surface area contributed by atoms with E-state index in [0.29, 0.717) is 18.7 Å². The molecule has 1 fully saturated rings. The third-order valence-corrected chi connectivity index (χ3v) is 4.71. The first-order chi connectivity index (χ1) is 12.4. The highest BCUT2D eigenvalue weighted by Gasteiger charge is 2.39. The van der Waals surface area contributed by atoms with Crippen LogP contribution in [0.4, 0.5) is 19.1 Å². The number of halogens is 3. The fourth-order valence-electron chi connectivity index (χ4n) is 2.45. The first-order valence-corrected chi connectivity index (χ1v) is 9.08. The van der Waals surface area contributed by atoms with E-state index in [1.165, 1.54) is 0 Å². The molecular formula is C17H16F3N3O2S. The van der Waals surface area contributed by atoms with E-state index in [4.69, 9.17) is 4.74 Å². The van der Waals surface area contributed by atoms with E-state index in [1.807, 2.05) is 0 Å². The summed E-state index contributed by atoms with van der Waals surface area (Å²) in [6, 6.07) is 8.72. The molecule has 0 amide bonds. The van der Waals surface area contributed by atoms with E-state index in [9.17, 15) is 18.0 Å². The monoisotopic (exact) mass is 383 g/mol. The normalized spacial score (nSPS) is 15.0. The first kappa shape index (κ1) is 18.5. The zero-order valence-corrected chi connectivity index (χ0v) is 14.5. The van der Waals surface area contributed by atoms with Gasteiger partial charge in [-0.1, -0.05) is 30.3 Å². The number of benzene rings is 1. The van der Waals surface area contributed by atoms with Crippen LogP contribution in [-0.2, 0) is 17.5 Å². The van der Waals surface area contributed by atoms with Crippen LogP contribution in [0.2, 0.25) is 0 Å².